The predicted octanol–water partition coefficient (Wildman–Crippen LogP) is 4.24. The first kappa shape index (κ1) is 12.2. The Balaban J connectivity index is 2.20. The van der Waals surface area contributed by atoms with Crippen LogP contribution in [-0.2, 0) is 6.42 Å². The van der Waals surface area contributed by atoms with Crippen molar-refractivity contribution < 1.29 is 4.79 Å². The number of aldehydes is 1. The molecule has 0 aromatic heterocycles. The van der Waals surface area contributed by atoms with Gasteiger partial charge in [-0.25, -0.2) is 0 Å². The van der Waals surface area contributed by atoms with E-state index >= 15 is 0 Å². The summed E-state index contributed by atoms with van der Waals surface area (Å²) in [5.41, 5.74) is 3.89. The van der Waals surface area contributed by atoms with E-state index in [0.29, 0.717) is 16.6 Å². The Labute approximate surface area is 117 Å². The van der Waals surface area contributed by atoms with Gasteiger partial charge >= 0.3 is 0 Å². The lowest BCUT2D eigenvalue weighted by Crippen LogP contribution is -2.25. The topological polar surface area (TPSA) is 20.3 Å². The minimum Gasteiger partial charge on any atom is -0.336 e. The summed E-state index contributed by atoms with van der Waals surface area (Å²) in [4.78, 5) is 13.4. The van der Waals surface area contributed by atoms with Crippen molar-refractivity contribution in [1.82, 2.24) is 0 Å². The fraction of sp³-hybridized carbons (Fsp3) is 0.188. The Kier molecular flexibility index (Phi) is 3.03. The molecule has 96 valence electrons. The molecule has 0 fully saturated rings. The summed E-state index contributed by atoms with van der Waals surface area (Å²) >= 11 is 6.32. The third-order valence-electron chi connectivity index (χ3n) is 3.59. The number of hydrogen-bond acceptors (Lipinski definition) is 2. The maximum atomic E-state index is 11.3. The number of carbonyl (C=O) groups excluding carboxylic acids is 1. The number of halogens is 1. The molecule has 0 radical (unpaired) electrons. The fourth-order valence-electron chi connectivity index (χ4n) is 2.79. The van der Waals surface area contributed by atoms with Crippen LogP contribution in [-0.4, -0.2) is 12.3 Å². The zero-order valence-corrected chi connectivity index (χ0v) is 11.4. The molecule has 1 heterocycles. The third-order valence-corrected chi connectivity index (χ3v) is 3.90. The molecule has 19 heavy (non-hydrogen) atoms. The van der Waals surface area contributed by atoms with Gasteiger partial charge in [0.25, 0.3) is 0 Å². The molecule has 2 aromatic rings. The Morgan fingerprint density at radius 3 is 2.79 bits per heavy atom. The van der Waals surface area contributed by atoms with Crippen LogP contribution in [0.3, 0.4) is 0 Å². The van der Waals surface area contributed by atoms with Crippen LogP contribution in [0.4, 0.5) is 11.4 Å². The Morgan fingerprint density at radius 1 is 1.21 bits per heavy atom. The van der Waals surface area contributed by atoms with Crippen molar-refractivity contribution in [3.63, 3.8) is 0 Å². The van der Waals surface area contributed by atoms with E-state index < -0.39 is 0 Å². The number of hydrogen-bond donors (Lipinski definition) is 0. The molecular weight excluding hydrogens is 258 g/mol. The number of rotatable bonds is 2. The molecule has 1 unspecified atom stereocenters. The van der Waals surface area contributed by atoms with Crippen LogP contribution in [0, 0.1) is 0 Å². The normalized spacial score (nSPS) is 17.4. The first-order valence-electron chi connectivity index (χ1n) is 6.33. The zero-order valence-electron chi connectivity index (χ0n) is 10.6. The average Bonchev–Trinajstić information content (AvgIpc) is 2.74. The maximum Gasteiger partial charge on any atom is 0.152 e. The quantitative estimate of drug-likeness (QED) is 0.762. The number of fused-ring (bicyclic) bond motifs is 1. The monoisotopic (exact) mass is 271 g/mol. The molecule has 2 nitrogen and oxygen atoms in total. The second-order valence-electron chi connectivity index (χ2n) is 4.85. The van der Waals surface area contributed by atoms with Crippen LogP contribution in [0.1, 0.15) is 22.8 Å². The molecule has 0 amide bonds. The summed E-state index contributed by atoms with van der Waals surface area (Å²) < 4.78 is 0. The standard InChI is InChI=1S/C16H14ClNO/c1-11-9-12-5-2-3-8-15(12)18(11)16-13(10-19)6-4-7-14(16)17/h2-8,10-11H,9H2,1H3. The van der Waals surface area contributed by atoms with Crippen molar-refractivity contribution in [1.29, 1.82) is 0 Å². The van der Waals surface area contributed by atoms with E-state index in [4.69, 9.17) is 11.6 Å². The number of carbonyl (C=O) groups is 1. The van der Waals surface area contributed by atoms with Crippen LogP contribution >= 0.6 is 11.6 Å². The summed E-state index contributed by atoms with van der Waals surface area (Å²) in [7, 11) is 0. The number of anilines is 2. The number of benzene rings is 2. The van der Waals surface area contributed by atoms with Gasteiger partial charge in [0.1, 0.15) is 0 Å². The van der Waals surface area contributed by atoms with Crippen LogP contribution < -0.4 is 4.90 Å². The summed E-state index contributed by atoms with van der Waals surface area (Å²) in [6, 6.07) is 14.0. The zero-order chi connectivity index (χ0) is 13.4. The minimum atomic E-state index is 0.302. The Hall–Kier alpha value is -1.80. The number of para-hydroxylation sites is 2. The van der Waals surface area contributed by atoms with Crippen molar-refractivity contribution in [3.05, 3.63) is 58.6 Å². The van der Waals surface area contributed by atoms with Gasteiger partial charge in [0.2, 0.25) is 0 Å². The van der Waals surface area contributed by atoms with E-state index in [0.717, 1.165) is 24.1 Å². The lowest BCUT2D eigenvalue weighted by atomic mass is 10.1. The fourth-order valence-corrected chi connectivity index (χ4v) is 3.06. The Morgan fingerprint density at radius 2 is 2.00 bits per heavy atom. The lowest BCUT2D eigenvalue weighted by Gasteiger charge is -2.27. The summed E-state index contributed by atoms with van der Waals surface area (Å²) in [5, 5.41) is 0.619. The van der Waals surface area contributed by atoms with Gasteiger partial charge in [-0.05, 0) is 37.1 Å². The van der Waals surface area contributed by atoms with E-state index in [1.807, 2.05) is 30.3 Å². The molecule has 0 aliphatic carbocycles. The van der Waals surface area contributed by atoms with Gasteiger partial charge in [-0.3, -0.25) is 4.79 Å². The third kappa shape index (κ3) is 1.92. The van der Waals surface area contributed by atoms with E-state index in [1.165, 1.54) is 5.56 Å². The SMILES string of the molecule is CC1Cc2ccccc2N1c1c(Cl)cccc1C=O. The Bertz CT molecular complexity index is 638. The molecule has 0 bridgehead atoms. The van der Waals surface area contributed by atoms with Gasteiger partial charge in [-0.15, -0.1) is 0 Å². The molecular formula is C16H14ClNO. The van der Waals surface area contributed by atoms with E-state index in [1.54, 1.807) is 0 Å². The molecule has 2 aromatic carbocycles. The van der Waals surface area contributed by atoms with Gasteiger partial charge in [-0.2, -0.15) is 0 Å². The maximum absolute atomic E-state index is 11.3. The average molecular weight is 272 g/mol. The summed E-state index contributed by atoms with van der Waals surface area (Å²) in [6.07, 6.45) is 1.84. The lowest BCUT2D eigenvalue weighted by molar-refractivity contribution is 0.112. The first-order chi connectivity index (χ1) is 9.22. The highest BCUT2D eigenvalue weighted by Crippen LogP contribution is 2.42. The van der Waals surface area contributed by atoms with E-state index in [-0.39, 0.29) is 0 Å². The van der Waals surface area contributed by atoms with Crippen LogP contribution in [0.25, 0.3) is 0 Å². The second-order valence-corrected chi connectivity index (χ2v) is 5.25. The molecule has 1 aliphatic heterocycles. The molecule has 3 rings (SSSR count). The highest BCUT2D eigenvalue weighted by atomic mass is 35.5. The van der Waals surface area contributed by atoms with Crippen LogP contribution in [0.15, 0.2) is 42.5 Å². The first-order valence-corrected chi connectivity index (χ1v) is 6.71. The van der Waals surface area contributed by atoms with Crippen LogP contribution in [0.5, 0.6) is 0 Å². The molecule has 0 N–H and O–H groups in total. The second kappa shape index (κ2) is 4.71. The van der Waals surface area contributed by atoms with Gasteiger partial charge in [-0.1, -0.05) is 35.9 Å². The largest absolute Gasteiger partial charge is 0.336 e. The van der Waals surface area contributed by atoms with E-state index in [2.05, 4.69) is 24.0 Å². The molecule has 1 aliphatic rings. The van der Waals surface area contributed by atoms with Crippen molar-refractivity contribution >= 4 is 29.3 Å². The van der Waals surface area contributed by atoms with E-state index in [9.17, 15) is 4.79 Å². The molecule has 3 heteroatoms. The smallest absolute Gasteiger partial charge is 0.152 e. The van der Waals surface area contributed by atoms with Gasteiger partial charge < -0.3 is 4.90 Å². The number of nitrogens with zero attached hydrogens (tertiary/aromatic N) is 1. The van der Waals surface area contributed by atoms with Gasteiger partial charge in [0.05, 0.1) is 10.7 Å². The molecule has 0 saturated carbocycles. The highest BCUT2D eigenvalue weighted by Gasteiger charge is 2.29. The van der Waals surface area contributed by atoms with Crippen LogP contribution in [0.2, 0.25) is 5.02 Å². The molecule has 0 spiro atoms. The van der Waals surface area contributed by atoms with Gasteiger partial charge in [0.15, 0.2) is 6.29 Å². The van der Waals surface area contributed by atoms with Crippen molar-refractivity contribution in [2.75, 3.05) is 4.90 Å². The van der Waals surface area contributed by atoms with Gasteiger partial charge in [0, 0.05) is 17.3 Å². The predicted molar refractivity (Wildman–Crippen MR) is 78.6 cm³/mol. The van der Waals surface area contributed by atoms with Crippen molar-refractivity contribution in [2.24, 2.45) is 0 Å². The molecule has 1 atom stereocenters. The van der Waals surface area contributed by atoms with Crippen molar-refractivity contribution in [2.45, 2.75) is 19.4 Å². The highest BCUT2D eigenvalue weighted by molar-refractivity contribution is 6.34. The van der Waals surface area contributed by atoms with Crippen molar-refractivity contribution in [3.8, 4) is 0 Å². The summed E-state index contributed by atoms with van der Waals surface area (Å²) in [5.74, 6) is 0. The minimum absolute atomic E-state index is 0.302. The molecule has 0 saturated heterocycles. The summed E-state index contributed by atoms with van der Waals surface area (Å²) in [6.45, 7) is 2.15.